The number of likely N-dealkylation sites (N-methyl/N-ethyl adjacent to an activating group) is 4. The van der Waals surface area contributed by atoms with Gasteiger partial charge in [-0.3, -0.25) is 20.2 Å². The van der Waals surface area contributed by atoms with E-state index < -0.39 is 21.4 Å². The Labute approximate surface area is 398 Å². The van der Waals surface area contributed by atoms with E-state index in [0.717, 1.165) is 53.6 Å². The molecule has 0 aliphatic carbocycles. The molecule has 0 fully saturated rings. The third kappa shape index (κ3) is 12.8. The molecule has 0 unspecified atom stereocenters. The summed E-state index contributed by atoms with van der Waals surface area (Å²) >= 11 is 0. The number of anilines is 5. The molecule has 0 atom stereocenters. The van der Waals surface area contributed by atoms with Gasteiger partial charge in [-0.05, 0) is 82.4 Å². The number of para-hydroxylation sites is 2. The number of hydrogen-bond donors (Lipinski definition) is 3. The van der Waals surface area contributed by atoms with Gasteiger partial charge in [-0.2, -0.15) is 14.4 Å². The number of methoxy groups -OCH3 is 2. The Morgan fingerprint density at radius 2 is 1.12 bits per heavy atom. The molecule has 0 saturated carbocycles. The van der Waals surface area contributed by atoms with E-state index in [1.54, 1.807) is 30.6 Å². The van der Waals surface area contributed by atoms with Crippen molar-refractivity contribution in [1.82, 2.24) is 44.2 Å². The number of halogens is 1. The maximum Gasteiger partial charge on any atom is 0.307 e. The predicted molar refractivity (Wildman–Crippen MR) is 268 cm³/mol. The van der Waals surface area contributed by atoms with Crippen molar-refractivity contribution in [2.24, 2.45) is 0 Å². The number of nitrogens with one attached hydrogen (secondary N) is 3. The van der Waals surface area contributed by atoms with Gasteiger partial charge in [0, 0.05) is 82.3 Å². The lowest BCUT2D eigenvalue weighted by atomic mass is 10.2. The van der Waals surface area contributed by atoms with Crippen LogP contribution in [0.4, 0.5) is 44.7 Å². The molecule has 0 radical (unpaired) electrons. The standard InChI is InChI=1S/C24H27N7O3.C19H14FN5O3.C5H14N2/c1-28(2)13-14-29(3)20-16-22(34-4)18(15-21(20)31(32)33)26-24-25-11-9-23(27-24)30-12-10-17-7-5-6-8-19(17)30;1-28-17-10-13(20)16(25(26)27)11-14(17)22-19-21-8-6-18(23-19)24-9-7-12-4-2-3-5-15(12)24;1-6-4-5-7(2)3/h5-12,15-16H,13-14H2,1-4H3,(H,25,26,27);2-11H,1H3,(H,21,22,23);6H,4-5H2,1-3H3. The molecule has 4 heterocycles. The molecular formula is C48H55FN14O6. The fourth-order valence-corrected chi connectivity index (χ4v) is 6.93. The highest BCUT2D eigenvalue weighted by Gasteiger charge is 2.23. The van der Waals surface area contributed by atoms with Crippen molar-refractivity contribution < 1.29 is 23.7 Å². The van der Waals surface area contributed by atoms with Gasteiger partial charge >= 0.3 is 5.69 Å². The van der Waals surface area contributed by atoms with Crippen LogP contribution >= 0.6 is 0 Å². The number of rotatable bonds is 17. The Bertz CT molecular complexity index is 3020. The summed E-state index contributed by atoms with van der Waals surface area (Å²) < 4.78 is 28.3. The first-order valence-electron chi connectivity index (χ1n) is 21.6. The van der Waals surface area contributed by atoms with Gasteiger partial charge in [-0.25, -0.2) is 9.97 Å². The van der Waals surface area contributed by atoms with Crippen LogP contribution in [0.1, 0.15) is 0 Å². The monoisotopic (exact) mass is 942 g/mol. The van der Waals surface area contributed by atoms with Crippen molar-refractivity contribution in [3.05, 3.63) is 148 Å². The van der Waals surface area contributed by atoms with E-state index in [2.05, 4.69) is 54.9 Å². The average molecular weight is 943 g/mol. The summed E-state index contributed by atoms with van der Waals surface area (Å²) in [5.74, 6) is 1.34. The molecule has 0 saturated heterocycles. The topological polar surface area (TPSA) is 212 Å². The molecule has 360 valence electrons. The van der Waals surface area contributed by atoms with Crippen LogP contribution in [0.25, 0.3) is 33.4 Å². The van der Waals surface area contributed by atoms with Crippen molar-refractivity contribution in [2.45, 2.75) is 0 Å². The molecule has 0 bridgehead atoms. The van der Waals surface area contributed by atoms with E-state index in [0.29, 0.717) is 41.3 Å². The Balaban J connectivity index is 0.000000202. The zero-order chi connectivity index (χ0) is 49.6. The number of fused-ring (bicyclic) bond motifs is 2. The maximum absolute atomic E-state index is 13.8. The highest BCUT2D eigenvalue weighted by atomic mass is 19.1. The molecule has 0 spiro atoms. The number of nitro benzene ring substituents is 2. The summed E-state index contributed by atoms with van der Waals surface area (Å²) in [6.45, 7) is 3.58. The second-order valence-electron chi connectivity index (χ2n) is 15.9. The van der Waals surface area contributed by atoms with Crippen LogP contribution in [0.2, 0.25) is 0 Å². The third-order valence-corrected chi connectivity index (χ3v) is 10.5. The van der Waals surface area contributed by atoms with Gasteiger partial charge in [0.15, 0.2) is 0 Å². The van der Waals surface area contributed by atoms with E-state index in [1.807, 2.05) is 120 Å². The molecule has 8 aromatic rings. The zero-order valence-corrected chi connectivity index (χ0v) is 39.6. The van der Waals surface area contributed by atoms with Crippen LogP contribution in [-0.4, -0.2) is 131 Å². The minimum Gasteiger partial charge on any atom is -0.494 e. The minimum absolute atomic E-state index is 0.0304. The van der Waals surface area contributed by atoms with Gasteiger partial charge in [0.25, 0.3) is 5.69 Å². The summed E-state index contributed by atoms with van der Waals surface area (Å²) in [5, 5.41) is 34.1. The first-order valence-corrected chi connectivity index (χ1v) is 21.6. The minimum atomic E-state index is -0.985. The quantitative estimate of drug-likeness (QED) is 0.0582. The summed E-state index contributed by atoms with van der Waals surface area (Å²) in [5.41, 5.74) is 2.36. The van der Waals surface area contributed by atoms with E-state index in [4.69, 9.17) is 9.47 Å². The van der Waals surface area contributed by atoms with Gasteiger partial charge < -0.3 is 49.3 Å². The molecule has 4 aromatic heterocycles. The van der Waals surface area contributed by atoms with Crippen molar-refractivity contribution in [2.75, 3.05) is 98.2 Å². The molecule has 0 amide bonds. The van der Waals surface area contributed by atoms with Crippen LogP contribution in [0.3, 0.4) is 0 Å². The van der Waals surface area contributed by atoms with Crippen LogP contribution in [0.5, 0.6) is 11.5 Å². The molecule has 69 heavy (non-hydrogen) atoms. The van der Waals surface area contributed by atoms with Crippen molar-refractivity contribution in [1.29, 1.82) is 0 Å². The summed E-state index contributed by atoms with van der Waals surface area (Å²) in [6.07, 6.45) is 7.04. The first-order chi connectivity index (χ1) is 33.2. The Morgan fingerprint density at radius 1 is 0.638 bits per heavy atom. The summed E-state index contributed by atoms with van der Waals surface area (Å²) in [6, 6.07) is 28.5. The largest absolute Gasteiger partial charge is 0.494 e. The Kier molecular flexibility index (Phi) is 17.0. The SMILES string of the molecule is CNCCN(C)C.COc1cc(F)c([N+](=O)[O-])cc1Nc1nccc(-n2ccc3ccccc32)n1.COc1cc(N(C)CCN(C)C)c([N+](=O)[O-])cc1Nc1nccc(-n2ccc3ccccc32)n1. The van der Waals surface area contributed by atoms with E-state index >= 15 is 0 Å². The Hall–Kier alpha value is -8.27. The van der Waals surface area contributed by atoms with Crippen molar-refractivity contribution >= 4 is 62.1 Å². The number of nitro groups is 2. The van der Waals surface area contributed by atoms with Crippen LogP contribution in [-0.2, 0) is 0 Å². The normalized spacial score (nSPS) is 10.9. The lowest BCUT2D eigenvalue weighted by molar-refractivity contribution is -0.387. The molecule has 4 aromatic carbocycles. The number of hydrogen-bond acceptors (Lipinski definition) is 16. The van der Waals surface area contributed by atoms with E-state index in [-0.39, 0.29) is 23.1 Å². The summed E-state index contributed by atoms with van der Waals surface area (Å²) in [7, 11) is 14.7. The smallest absolute Gasteiger partial charge is 0.307 e. The number of ether oxygens (including phenoxy) is 2. The van der Waals surface area contributed by atoms with Gasteiger partial charge in [0.1, 0.15) is 28.8 Å². The molecular weight excluding hydrogens is 888 g/mol. The first kappa shape index (κ1) is 50.1. The predicted octanol–water partition coefficient (Wildman–Crippen LogP) is 8.07. The van der Waals surface area contributed by atoms with Gasteiger partial charge in [-0.15, -0.1) is 0 Å². The average Bonchev–Trinajstić information content (AvgIpc) is 3.98. The number of aromatic nitrogens is 6. The highest BCUT2D eigenvalue weighted by Crippen LogP contribution is 2.39. The second kappa shape index (κ2) is 23.5. The van der Waals surface area contributed by atoms with Crippen LogP contribution < -0.4 is 30.3 Å². The Morgan fingerprint density at radius 3 is 1.57 bits per heavy atom. The fourth-order valence-electron chi connectivity index (χ4n) is 6.93. The molecule has 8 rings (SSSR count). The molecule has 3 N–H and O–H groups in total. The molecule has 0 aliphatic rings. The molecule has 21 heteroatoms. The van der Waals surface area contributed by atoms with Crippen LogP contribution in [0, 0.1) is 26.0 Å². The van der Waals surface area contributed by atoms with Gasteiger partial charge in [-0.1, -0.05) is 36.4 Å². The highest BCUT2D eigenvalue weighted by molar-refractivity contribution is 5.83. The van der Waals surface area contributed by atoms with Crippen molar-refractivity contribution in [3.8, 4) is 23.1 Å². The van der Waals surface area contributed by atoms with E-state index in [9.17, 15) is 24.6 Å². The lowest BCUT2D eigenvalue weighted by Crippen LogP contribution is -2.28. The summed E-state index contributed by atoms with van der Waals surface area (Å²) in [4.78, 5) is 45.2. The van der Waals surface area contributed by atoms with Crippen molar-refractivity contribution in [3.63, 3.8) is 0 Å². The van der Waals surface area contributed by atoms with Gasteiger partial charge in [0.2, 0.25) is 17.7 Å². The molecule has 0 aliphatic heterocycles. The fraction of sp³-hybridized carbons (Fsp3) is 0.250. The number of nitrogens with zero attached hydrogens (tertiary/aromatic N) is 11. The number of benzene rings is 4. The van der Waals surface area contributed by atoms with Crippen LogP contribution in [0.15, 0.2) is 122 Å². The van der Waals surface area contributed by atoms with E-state index in [1.165, 1.54) is 20.3 Å². The second-order valence-corrected chi connectivity index (χ2v) is 15.9. The lowest BCUT2D eigenvalue weighted by Gasteiger charge is -2.22. The third-order valence-electron chi connectivity index (χ3n) is 10.5. The molecule has 20 nitrogen and oxygen atoms in total. The van der Waals surface area contributed by atoms with Gasteiger partial charge in [0.05, 0.1) is 46.5 Å². The zero-order valence-electron chi connectivity index (χ0n) is 39.6. The maximum atomic E-state index is 13.8.